The summed E-state index contributed by atoms with van der Waals surface area (Å²) in [5.41, 5.74) is -0.965. The lowest BCUT2D eigenvalue weighted by Crippen LogP contribution is -2.50. The number of rotatable bonds is 8. The van der Waals surface area contributed by atoms with Gasteiger partial charge in [0.2, 0.25) is 0 Å². The third-order valence-corrected chi connectivity index (χ3v) is 2.93. The van der Waals surface area contributed by atoms with Gasteiger partial charge < -0.3 is 9.84 Å². The van der Waals surface area contributed by atoms with Crippen molar-refractivity contribution in [2.45, 2.75) is 32.2 Å². The molecule has 0 heterocycles. The van der Waals surface area contributed by atoms with Gasteiger partial charge in [-0.05, 0) is 25.5 Å². The number of nitrogens with one attached hydrogen (secondary N) is 1. The van der Waals surface area contributed by atoms with Crippen molar-refractivity contribution in [3.8, 4) is 5.75 Å². The first-order valence-corrected chi connectivity index (χ1v) is 6.35. The first-order valence-electron chi connectivity index (χ1n) is 6.35. The highest BCUT2D eigenvalue weighted by Crippen LogP contribution is 2.15. The third-order valence-electron chi connectivity index (χ3n) is 2.93. The van der Waals surface area contributed by atoms with Crippen LogP contribution in [0.5, 0.6) is 5.75 Å². The molecule has 0 aromatic heterocycles. The summed E-state index contributed by atoms with van der Waals surface area (Å²) >= 11 is 0. The Hall–Kier alpha value is -1.62. The van der Waals surface area contributed by atoms with Gasteiger partial charge in [0.15, 0.2) is 11.6 Å². The first-order chi connectivity index (χ1) is 8.99. The number of carboxylic acids is 1. The number of carbonyl (C=O) groups is 1. The molecule has 106 valence electrons. The lowest BCUT2D eigenvalue weighted by atomic mass is 9.96. The maximum Gasteiger partial charge on any atom is 0.323 e. The summed E-state index contributed by atoms with van der Waals surface area (Å²) in [6, 6.07) is 6.13. The van der Waals surface area contributed by atoms with E-state index in [2.05, 4.69) is 5.32 Å². The Bertz CT molecular complexity index is 425. The molecule has 5 heteroatoms. The predicted molar refractivity (Wildman–Crippen MR) is 70.8 cm³/mol. The summed E-state index contributed by atoms with van der Waals surface area (Å²) in [5, 5.41) is 12.1. The minimum absolute atomic E-state index is 0.178. The average molecular weight is 269 g/mol. The Labute approximate surface area is 112 Å². The molecule has 0 spiro atoms. The van der Waals surface area contributed by atoms with E-state index in [1.165, 1.54) is 12.1 Å². The fourth-order valence-corrected chi connectivity index (χ4v) is 1.82. The maximum absolute atomic E-state index is 13.3. The zero-order valence-corrected chi connectivity index (χ0v) is 11.3. The molecule has 0 radical (unpaired) electrons. The van der Waals surface area contributed by atoms with Crippen molar-refractivity contribution in [2.75, 3.05) is 13.2 Å². The number of halogens is 1. The van der Waals surface area contributed by atoms with E-state index in [0.29, 0.717) is 13.0 Å². The van der Waals surface area contributed by atoms with E-state index >= 15 is 0 Å². The molecule has 1 aromatic rings. The van der Waals surface area contributed by atoms with Gasteiger partial charge in [-0.2, -0.15) is 0 Å². The number of aliphatic carboxylic acids is 1. The summed E-state index contributed by atoms with van der Waals surface area (Å²) in [6.45, 7) is 4.13. The van der Waals surface area contributed by atoms with Gasteiger partial charge in [0.05, 0.1) is 0 Å². The van der Waals surface area contributed by atoms with E-state index in [4.69, 9.17) is 9.84 Å². The van der Waals surface area contributed by atoms with Crippen LogP contribution in [-0.4, -0.2) is 29.8 Å². The SMILES string of the molecule is CCCC(C)(NCCOc1ccccc1F)C(=O)O. The van der Waals surface area contributed by atoms with Crippen LogP contribution in [0.25, 0.3) is 0 Å². The van der Waals surface area contributed by atoms with Crippen molar-refractivity contribution in [3.63, 3.8) is 0 Å². The Kier molecular flexibility index (Phi) is 5.76. The highest BCUT2D eigenvalue weighted by Gasteiger charge is 2.31. The van der Waals surface area contributed by atoms with E-state index in [1.807, 2.05) is 6.92 Å². The fourth-order valence-electron chi connectivity index (χ4n) is 1.82. The van der Waals surface area contributed by atoms with Crippen molar-refractivity contribution in [3.05, 3.63) is 30.1 Å². The van der Waals surface area contributed by atoms with E-state index in [1.54, 1.807) is 19.1 Å². The second-order valence-corrected chi connectivity index (χ2v) is 4.59. The van der Waals surface area contributed by atoms with Crippen LogP contribution in [0.2, 0.25) is 0 Å². The van der Waals surface area contributed by atoms with E-state index < -0.39 is 17.3 Å². The van der Waals surface area contributed by atoms with Gasteiger partial charge in [-0.25, -0.2) is 4.39 Å². The van der Waals surface area contributed by atoms with Crippen LogP contribution in [0.15, 0.2) is 24.3 Å². The minimum Gasteiger partial charge on any atom is -0.489 e. The van der Waals surface area contributed by atoms with Gasteiger partial charge in [-0.15, -0.1) is 0 Å². The minimum atomic E-state index is -0.965. The molecule has 1 rings (SSSR count). The average Bonchev–Trinajstić information content (AvgIpc) is 2.37. The normalized spacial score (nSPS) is 13.8. The van der Waals surface area contributed by atoms with Crippen molar-refractivity contribution in [1.29, 1.82) is 0 Å². The zero-order chi connectivity index (χ0) is 14.3. The highest BCUT2D eigenvalue weighted by molar-refractivity contribution is 5.78. The summed E-state index contributed by atoms with van der Waals surface area (Å²) < 4.78 is 18.5. The number of hydrogen-bond acceptors (Lipinski definition) is 3. The maximum atomic E-state index is 13.3. The number of carboxylic acid groups (broad SMARTS) is 1. The largest absolute Gasteiger partial charge is 0.489 e. The van der Waals surface area contributed by atoms with E-state index in [9.17, 15) is 9.18 Å². The van der Waals surface area contributed by atoms with Gasteiger partial charge >= 0.3 is 5.97 Å². The van der Waals surface area contributed by atoms with Crippen LogP contribution in [0.4, 0.5) is 4.39 Å². The molecule has 2 N–H and O–H groups in total. The van der Waals surface area contributed by atoms with Crippen molar-refractivity contribution in [2.24, 2.45) is 0 Å². The van der Waals surface area contributed by atoms with Crippen LogP contribution in [0.3, 0.4) is 0 Å². The molecule has 4 nitrogen and oxygen atoms in total. The van der Waals surface area contributed by atoms with Crippen molar-refractivity contribution in [1.82, 2.24) is 5.32 Å². The van der Waals surface area contributed by atoms with Gasteiger partial charge in [-0.1, -0.05) is 25.5 Å². The second-order valence-electron chi connectivity index (χ2n) is 4.59. The quantitative estimate of drug-likeness (QED) is 0.712. The number of hydrogen-bond donors (Lipinski definition) is 2. The molecule has 0 bridgehead atoms. The zero-order valence-electron chi connectivity index (χ0n) is 11.3. The Balaban J connectivity index is 2.41. The van der Waals surface area contributed by atoms with E-state index in [0.717, 1.165) is 6.42 Å². The fraction of sp³-hybridized carbons (Fsp3) is 0.500. The molecule has 0 saturated heterocycles. The summed E-state index contributed by atoms with van der Waals surface area (Å²) in [7, 11) is 0. The highest BCUT2D eigenvalue weighted by atomic mass is 19.1. The molecule has 0 aliphatic rings. The van der Waals surface area contributed by atoms with Gasteiger partial charge in [0.1, 0.15) is 12.1 Å². The monoisotopic (exact) mass is 269 g/mol. The molecule has 0 saturated carbocycles. The molecular weight excluding hydrogens is 249 g/mol. The Morgan fingerprint density at radius 1 is 1.47 bits per heavy atom. The number of para-hydroxylation sites is 1. The first kappa shape index (κ1) is 15.4. The Morgan fingerprint density at radius 2 is 2.16 bits per heavy atom. The lowest BCUT2D eigenvalue weighted by Gasteiger charge is -2.25. The molecule has 0 fully saturated rings. The number of ether oxygens (including phenoxy) is 1. The van der Waals surface area contributed by atoms with Crippen molar-refractivity contribution < 1.29 is 19.0 Å². The summed E-state index contributed by atoms with van der Waals surface area (Å²) in [4.78, 5) is 11.2. The lowest BCUT2D eigenvalue weighted by molar-refractivity contribution is -0.144. The Morgan fingerprint density at radius 3 is 2.74 bits per heavy atom. The topological polar surface area (TPSA) is 58.6 Å². The molecule has 0 amide bonds. The van der Waals surface area contributed by atoms with Crippen LogP contribution in [0, 0.1) is 5.82 Å². The molecule has 1 aromatic carbocycles. The van der Waals surface area contributed by atoms with Crippen LogP contribution < -0.4 is 10.1 Å². The third kappa shape index (κ3) is 4.52. The molecule has 1 unspecified atom stereocenters. The van der Waals surface area contributed by atoms with Crippen molar-refractivity contribution >= 4 is 5.97 Å². The van der Waals surface area contributed by atoms with Crippen LogP contribution in [-0.2, 0) is 4.79 Å². The summed E-state index contributed by atoms with van der Waals surface area (Å²) in [5.74, 6) is -1.13. The molecule has 0 aliphatic carbocycles. The molecule has 0 aliphatic heterocycles. The van der Waals surface area contributed by atoms with E-state index in [-0.39, 0.29) is 12.4 Å². The standard InChI is InChI=1S/C14H20FNO3/c1-3-8-14(2,13(17)18)16-9-10-19-12-7-5-4-6-11(12)15/h4-7,16H,3,8-10H2,1-2H3,(H,17,18). The van der Waals surface area contributed by atoms with Gasteiger partial charge in [0.25, 0.3) is 0 Å². The van der Waals surface area contributed by atoms with Crippen LogP contribution >= 0.6 is 0 Å². The smallest absolute Gasteiger partial charge is 0.323 e. The number of benzene rings is 1. The molecule has 1 atom stereocenters. The van der Waals surface area contributed by atoms with Gasteiger partial charge in [-0.3, -0.25) is 10.1 Å². The second kappa shape index (κ2) is 7.09. The van der Waals surface area contributed by atoms with Crippen LogP contribution in [0.1, 0.15) is 26.7 Å². The van der Waals surface area contributed by atoms with Gasteiger partial charge in [0, 0.05) is 6.54 Å². The molecular formula is C14H20FNO3. The summed E-state index contributed by atoms with van der Waals surface area (Å²) in [6.07, 6.45) is 1.30. The predicted octanol–water partition coefficient (Wildman–Crippen LogP) is 2.44. The molecule has 19 heavy (non-hydrogen) atoms.